The summed E-state index contributed by atoms with van der Waals surface area (Å²) in [7, 11) is 0. The standard InChI is InChI=1S/C31H33NO3/c1-21(2)26-14-16-27(17-15-26)28-18-29(33)32(19-24-12-10-22(3)11-13-24)23(4)30(28)31(34)35-20-25-8-6-5-7-9-25/h5-17,21,28H,18-20H2,1-4H3. The summed E-state index contributed by atoms with van der Waals surface area (Å²) in [4.78, 5) is 28.5. The molecular weight excluding hydrogens is 434 g/mol. The number of carbonyl (C=O) groups excluding carboxylic acids is 2. The van der Waals surface area contributed by atoms with Crippen molar-refractivity contribution in [1.29, 1.82) is 0 Å². The van der Waals surface area contributed by atoms with Crippen LogP contribution >= 0.6 is 0 Å². The van der Waals surface area contributed by atoms with Gasteiger partial charge in [-0.25, -0.2) is 4.79 Å². The van der Waals surface area contributed by atoms with Gasteiger partial charge in [0.05, 0.1) is 12.1 Å². The number of amides is 1. The van der Waals surface area contributed by atoms with Crippen LogP contribution < -0.4 is 0 Å². The third-order valence-electron chi connectivity index (χ3n) is 6.72. The lowest BCUT2D eigenvalue weighted by Crippen LogP contribution is -2.38. The van der Waals surface area contributed by atoms with Gasteiger partial charge in [0.1, 0.15) is 6.61 Å². The van der Waals surface area contributed by atoms with E-state index in [1.807, 2.05) is 80.6 Å². The molecule has 0 radical (unpaired) electrons. The second-order valence-corrected chi connectivity index (χ2v) is 9.60. The van der Waals surface area contributed by atoms with Crippen molar-refractivity contribution in [1.82, 2.24) is 4.90 Å². The van der Waals surface area contributed by atoms with E-state index < -0.39 is 0 Å². The zero-order chi connectivity index (χ0) is 24.9. The number of hydrogen-bond acceptors (Lipinski definition) is 3. The van der Waals surface area contributed by atoms with Crippen LogP contribution in [0.5, 0.6) is 0 Å². The van der Waals surface area contributed by atoms with E-state index in [1.54, 1.807) is 4.90 Å². The molecule has 0 fully saturated rings. The van der Waals surface area contributed by atoms with E-state index in [1.165, 1.54) is 11.1 Å². The van der Waals surface area contributed by atoms with Gasteiger partial charge in [0.25, 0.3) is 0 Å². The second kappa shape index (κ2) is 10.7. The third-order valence-corrected chi connectivity index (χ3v) is 6.72. The predicted octanol–water partition coefficient (Wildman–Crippen LogP) is 6.65. The van der Waals surface area contributed by atoms with Crippen LogP contribution in [-0.2, 0) is 27.5 Å². The van der Waals surface area contributed by atoms with Crippen LogP contribution in [0.15, 0.2) is 90.1 Å². The van der Waals surface area contributed by atoms with Crippen LogP contribution in [0.4, 0.5) is 0 Å². The number of carbonyl (C=O) groups is 2. The Kier molecular flexibility index (Phi) is 7.50. The molecule has 1 atom stereocenters. The Labute approximate surface area is 208 Å². The summed E-state index contributed by atoms with van der Waals surface area (Å²) in [5.41, 5.74) is 6.54. The van der Waals surface area contributed by atoms with E-state index in [4.69, 9.17) is 4.74 Å². The summed E-state index contributed by atoms with van der Waals surface area (Å²) in [5, 5.41) is 0. The molecule has 1 heterocycles. The van der Waals surface area contributed by atoms with Crippen molar-refractivity contribution in [3.63, 3.8) is 0 Å². The second-order valence-electron chi connectivity index (χ2n) is 9.60. The third kappa shape index (κ3) is 5.71. The summed E-state index contributed by atoms with van der Waals surface area (Å²) >= 11 is 0. The van der Waals surface area contributed by atoms with E-state index in [2.05, 4.69) is 26.0 Å². The molecule has 3 aromatic carbocycles. The molecule has 3 aromatic rings. The van der Waals surface area contributed by atoms with Gasteiger partial charge in [0.15, 0.2) is 0 Å². The van der Waals surface area contributed by atoms with E-state index in [9.17, 15) is 9.59 Å². The Bertz CT molecular complexity index is 1210. The average molecular weight is 468 g/mol. The lowest BCUT2D eigenvalue weighted by Gasteiger charge is -2.34. The first-order valence-electron chi connectivity index (χ1n) is 12.2. The number of hydrogen-bond donors (Lipinski definition) is 0. The summed E-state index contributed by atoms with van der Waals surface area (Å²) in [5.74, 6) is -0.276. The number of rotatable bonds is 7. The van der Waals surface area contributed by atoms with Gasteiger partial charge in [0, 0.05) is 18.0 Å². The Hall–Kier alpha value is -3.66. The molecule has 0 spiro atoms. The maximum Gasteiger partial charge on any atom is 0.336 e. The molecule has 0 saturated heterocycles. The first-order valence-corrected chi connectivity index (χ1v) is 12.2. The molecular formula is C31H33NO3. The van der Waals surface area contributed by atoms with E-state index >= 15 is 0 Å². The molecule has 35 heavy (non-hydrogen) atoms. The quantitative estimate of drug-likeness (QED) is 0.365. The fraction of sp³-hybridized carbons (Fsp3) is 0.290. The monoisotopic (exact) mass is 467 g/mol. The first kappa shape index (κ1) is 24.5. The van der Waals surface area contributed by atoms with Gasteiger partial charge in [-0.2, -0.15) is 0 Å². The Balaban J connectivity index is 1.67. The lowest BCUT2D eigenvalue weighted by molar-refractivity contribution is -0.141. The van der Waals surface area contributed by atoms with Gasteiger partial charge in [0.2, 0.25) is 5.91 Å². The first-order chi connectivity index (χ1) is 16.8. The topological polar surface area (TPSA) is 46.6 Å². The van der Waals surface area contributed by atoms with Gasteiger partial charge < -0.3 is 9.64 Å². The number of allylic oxidation sites excluding steroid dienone is 1. The Morgan fingerprint density at radius 3 is 2.20 bits per heavy atom. The minimum Gasteiger partial charge on any atom is -0.457 e. The number of ether oxygens (including phenoxy) is 1. The average Bonchev–Trinajstić information content (AvgIpc) is 2.86. The fourth-order valence-electron chi connectivity index (χ4n) is 4.54. The highest BCUT2D eigenvalue weighted by molar-refractivity contribution is 5.95. The molecule has 180 valence electrons. The Morgan fingerprint density at radius 2 is 1.57 bits per heavy atom. The number of nitrogens with zero attached hydrogens (tertiary/aromatic N) is 1. The van der Waals surface area contributed by atoms with Crippen LogP contribution in [0, 0.1) is 6.92 Å². The smallest absolute Gasteiger partial charge is 0.336 e. The zero-order valence-corrected chi connectivity index (χ0v) is 21.0. The molecule has 1 unspecified atom stereocenters. The molecule has 4 heteroatoms. The normalized spacial score (nSPS) is 16.1. The number of esters is 1. The minimum absolute atomic E-state index is 0.0145. The van der Waals surface area contributed by atoms with E-state index in [0.717, 1.165) is 16.7 Å². The maximum atomic E-state index is 13.5. The van der Waals surface area contributed by atoms with Crippen molar-refractivity contribution in [3.8, 4) is 0 Å². The van der Waals surface area contributed by atoms with Crippen LogP contribution in [0.3, 0.4) is 0 Å². The van der Waals surface area contributed by atoms with Gasteiger partial charge in [-0.1, -0.05) is 98.3 Å². The van der Waals surface area contributed by atoms with Crippen LogP contribution in [0.25, 0.3) is 0 Å². The van der Waals surface area contributed by atoms with E-state index in [-0.39, 0.29) is 30.8 Å². The maximum absolute atomic E-state index is 13.5. The molecule has 1 amide bonds. The highest BCUT2D eigenvalue weighted by Crippen LogP contribution is 2.38. The Morgan fingerprint density at radius 1 is 0.914 bits per heavy atom. The van der Waals surface area contributed by atoms with Gasteiger partial charge >= 0.3 is 5.97 Å². The van der Waals surface area contributed by atoms with Crippen LogP contribution in [0.2, 0.25) is 0 Å². The van der Waals surface area contributed by atoms with Crippen LogP contribution in [-0.4, -0.2) is 16.8 Å². The lowest BCUT2D eigenvalue weighted by atomic mass is 9.83. The molecule has 0 aliphatic carbocycles. The molecule has 0 bridgehead atoms. The summed E-state index contributed by atoms with van der Waals surface area (Å²) in [6.45, 7) is 8.83. The molecule has 4 nitrogen and oxygen atoms in total. The fourth-order valence-corrected chi connectivity index (χ4v) is 4.54. The van der Waals surface area contributed by atoms with Crippen molar-refractivity contribution in [3.05, 3.63) is 118 Å². The van der Waals surface area contributed by atoms with Crippen molar-refractivity contribution in [2.24, 2.45) is 0 Å². The van der Waals surface area contributed by atoms with Crippen molar-refractivity contribution in [2.75, 3.05) is 0 Å². The molecule has 0 saturated carbocycles. The summed E-state index contributed by atoms with van der Waals surface area (Å²) in [6, 6.07) is 26.1. The highest BCUT2D eigenvalue weighted by Gasteiger charge is 2.37. The molecule has 0 aromatic heterocycles. The van der Waals surface area contributed by atoms with Crippen molar-refractivity contribution < 1.29 is 14.3 Å². The SMILES string of the molecule is CC1=C(C(=O)OCc2ccccc2)C(c2ccc(C(C)C)cc2)CC(=O)N1Cc1ccc(C)cc1. The number of aryl methyl sites for hydroxylation is 1. The molecule has 0 N–H and O–H groups in total. The van der Waals surface area contributed by atoms with E-state index in [0.29, 0.717) is 23.7 Å². The van der Waals surface area contributed by atoms with Crippen molar-refractivity contribution in [2.45, 2.75) is 59.1 Å². The number of benzene rings is 3. The van der Waals surface area contributed by atoms with Gasteiger partial charge in [-0.3, -0.25) is 4.79 Å². The molecule has 1 aliphatic heterocycles. The van der Waals surface area contributed by atoms with Crippen molar-refractivity contribution >= 4 is 11.9 Å². The highest BCUT2D eigenvalue weighted by atomic mass is 16.5. The predicted molar refractivity (Wildman–Crippen MR) is 139 cm³/mol. The summed E-state index contributed by atoms with van der Waals surface area (Å²) in [6.07, 6.45) is 0.236. The van der Waals surface area contributed by atoms with Crippen LogP contribution in [0.1, 0.15) is 66.8 Å². The minimum atomic E-state index is -0.370. The van der Waals surface area contributed by atoms with Gasteiger partial charge in [-0.05, 0) is 42.0 Å². The van der Waals surface area contributed by atoms with Gasteiger partial charge in [-0.15, -0.1) is 0 Å². The summed E-state index contributed by atoms with van der Waals surface area (Å²) < 4.78 is 5.77. The molecule has 1 aliphatic rings. The molecule has 4 rings (SSSR count). The zero-order valence-electron chi connectivity index (χ0n) is 21.0. The largest absolute Gasteiger partial charge is 0.457 e.